The molecule has 0 spiro atoms. The maximum Gasteiger partial charge on any atom is 0.239 e. The maximum absolute atomic E-state index is 11.9. The van der Waals surface area contributed by atoms with E-state index in [-0.39, 0.29) is 11.9 Å². The second kappa shape index (κ2) is 5.16. The molecule has 1 aromatic rings. The lowest BCUT2D eigenvalue weighted by Crippen LogP contribution is -2.45. The smallest absolute Gasteiger partial charge is 0.239 e. The molecule has 1 heterocycles. The predicted molar refractivity (Wildman–Crippen MR) is 62.8 cm³/mol. The number of amides is 1. The number of nitrogens with two attached hydrogens (primary N) is 1. The summed E-state index contributed by atoms with van der Waals surface area (Å²) in [7, 11) is 0. The fourth-order valence-corrected chi connectivity index (χ4v) is 1.51. The molecule has 1 atom stereocenters. The van der Waals surface area contributed by atoms with Crippen LogP contribution in [-0.4, -0.2) is 22.9 Å². The molecule has 0 saturated carbocycles. The Bertz CT molecular complexity index is 356. The second-order valence-electron chi connectivity index (χ2n) is 4.36. The molecular formula is C12H20N2O2. The Labute approximate surface area is 96.4 Å². The minimum absolute atomic E-state index is 0.0518. The van der Waals surface area contributed by atoms with Crippen LogP contribution in [0.15, 0.2) is 16.5 Å². The molecule has 0 aliphatic heterocycles. The zero-order chi connectivity index (χ0) is 12.3. The first-order chi connectivity index (χ1) is 7.41. The Kier molecular flexibility index (Phi) is 4.12. The van der Waals surface area contributed by atoms with Crippen LogP contribution in [-0.2, 0) is 11.3 Å². The summed E-state index contributed by atoms with van der Waals surface area (Å²) in [5.74, 6) is 1.59. The summed E-state index contributed by atoms with van der Waals surface area (Å²) in [5.41, 5.74) is 5.61. The van der Waals surface area contributed by atoms with E-state index >= 15 is 0 Å². The SMILES string of the molecule is Cc1ccc(CN(C(=O)[C@H](C)N)C(C)C)o1. The van der Waals surface area contributed by atoms with Crippen LogP contribution in [0.4, 0.5) is 0 Å². The van der Waals surface area contributed by atoms with Gasteiger partial charge < -0.3 is 15.1 Å². The Morgan fingerprint density at radius 1 is 1.44 bits per heavy atom. The lowest BCUT2D eigenvalue weighted by atomic mass is 10.2. The highest BCUT2D eigenvalue weighted by Crippen LogP contribution is 2.12. The van der Waals surface area contributed by atoms with Gasteiger partial charge in [0.15, 0.2) is 0 Å². The zero-order valence-electron chi connectivity index (χ0n) is 10.4. The van der Waals surface area contributed by atoms with E-state index in [4.69, 9.17) is 10.2 Å². The molecule has 0 aromatic carbocycles. The molecule has 0 radical (unpaired) electrons. The third-order valence-corrected chi connectivity index (χ3v) is 2.42. The summed E-state index contributed by atoms with van der Waals surface area (Å²) in [6, 6.07) is 3.42. The van der Waals surface area contributed by atoms with Crippen molar-refractivity contribution >= 4 is 5.91 Å². The third-order valence-electron chi connectivity index (χ3n) is 2.42. The maximum atomic E-state index is 11.9. The largest absolute Gasteiger partial charge is 0.464 e. The Morgan fingerprint density at radius 3 is 2.44 bits per heavy atom. The fourth-order valence-electron chi connectivity index (χ4n) is 1.51. The molecule has 2 N–H and O–H groups in total. The number of carbonyl (C=O) groups excluding carboxylic acids is 1. The van der Waals surface area contributed by atoms with Gasteiger partial charge >= 0.3 is 0 Å². The van der Waals surface area contributed by atoms with Crippen LogP contribution in [0.5, 0.6) is 0 Å². The van der Waals surface area contributed by atoms with Gasteiger partial charge in [-0.25, -0.2) is 0 Å². The summed E-state index contributed by atoms with van der Waals surface area (Å²) < 4.78 is 5.46. The lowest BCUT2D eigenvalue weighted by molar-refractivity contribution is -0.134. The van der Waals surface area contributed by atoms with Crippen molar-refractivity contribution in [3.63, 3.8) is 0 Å². The molecule has 0 fully saturated rings. The van der Waals surface area contributed by atoms with Crippen molar-refractivity contribution in [2.24, 2.45) is 5.73 Å². The van der Waals surface area contributed by atoms with Gasteiger partial charge in [-0.3, -0.25) is 4.79 Å². The van der Waals surface area contributed by atoms with Gasteiger partial charge in [0.1, 0.15) is 11.5 Å². The van der Waals surface area contributed by atoms with Crippen LogP contribution >= 0.6 is 0 Å². The minimum Gasteiger partial charge on any atom is -0.464 e. The average molecular weight is 224 g/mol. The van der Waals surface area contributed by atoms with E-state index in [1.54, 1.807) is 11.8 Å². The van der Waals surface area contributed by atoms with E-state index in [1.807, 2.05) is 32.9 Å². The van der Waals surface area contributed by atoms with Crippen molar-refractivity contribution in [1.29, 1.82) is 0 Å². The molecule has 4 nitrogen and oxygen atoms in total. The number of nitrogens with zero attached hydrogens (tertiary/aromatic N) is 1. The fraction of sp³-hybridized carbons (Fsp3) is 0.583. The van der Waals surface area contributed by atoms with E-state index in [1.165, 1.54) is 0 Å². The monoisotopic (exact) mass is 224 g/mol. The van der Waals surface area contributed by atoms with Crippen molar-refractivity contribution in [2.75, 3.05) is 0 Å². The van der Waals surface area contributed by atoms with Crippen LogP contribution in [0.25, 0.3) is 0 Å². The first kappa shape index (κ1) is 12.8. The normalized spacial score (nSPS) is 12.9. The van der Waals surface area contributed by atoms with E-state index in [9.17, 15) is 4.79 Å². The number of furan rings is 1. The van der Waals surface area contributed by atoms with Gasteiger partial charge in [-0.1, -0.05) is 0 Å². The number of rotatable bonds is 4. The molecule has 0 aliphatic rings. The molecule has 0 bridgehead atoms. The average Bonchev–Trinajstić information content (AvgIpc) is 2.59. The number of hydrogen-bond acceptors (Lipinski definition) is 3. The van der Waals surface area contributed by atoms with Crippen molar-refractivity contribution in [2.45, 2.75) is 46.3 Å². The van der Waals surface area contributed by atoms with Crippen molar-refractivity contribution in [3.8, 4) is 0 Å². The van der Waals surface area contributed by atoms with Crippen LogP contribution in [0, 0.1) is 6.92 Å². The van der Waals surface area contributed by atoms with Gasteiger partial charge in [-0.05, 0) is 39.8 Å². The molecule has 90 valence electrons. The number of carbonyl (C=O) groups is 1. The summed E-state index contributed by atoms with van der Waals surface area (Å²) in [4.78, 5) is 13.6. The molecule has 4 heteroatoms. The molecule has 16 heavy (non-hydrogen) atoms. The van der Waals surface area contributed by atoms with E-state index in [0.29, 0.717) is 6.54 Å². The van der Waals surface area contributed by atoms with Gasteiger partial charge in [0.25, 0.3) is 0 Å². The highest BCUT2D eigenvalue weighted by atomic mass is 16.3. The van der Waals surface area contributed by atoms with Crippen molar-refractivity contribution < 1.29 is 9.21 Å². The number of hydrogen-bond donors (Lipinski definition) is 1. The van der Waals surface area contributed by atoms with Gasteiger partial charge in [0.2, 0.25) is 5.91 Å². The highest BCUT2D eigenvalue weighted by molar-refractivity contribution is 5.81. The van der Waals surface area contributed by atoms with E-state index in [0.717, 1.165) is 11.5 Å². The summed E-state index contributed by atoms with van der Waals surface area (Å²) >= 11 is 0. The lowest BCUT2D eigenvalue weighted by Gasteiger charge is -2.27. The molecule has 1 rings (SSSR count). The third kappa shape index (κ3) is 3.10. The predicted octanol–water partition coefficient (Wildman–Crippen LogP) is 1.67. The Morgan fingerprint density at radius 2 is 2.06 bits per heavy atom. The Hall–Kier alpha value is -1.29. The number of aryl methyl sites for hydroxylation is 1. The molecule has 0 aliphatic carbocycles. The summed E-state index contributed by atoms with van der Waals surface area (Å²) in [5, 5.41) is 0. The van der Waals surface area contributed by atoms with Crippen molar-refractivity contribution in [1.82, 2.24) is 4.90 Å². The quantitative estimate of drug-likeness (QED) is 0.846. The highest BCUT2D eigenvalue weighted by Gasteiger charge is 2.21. The van der Waals surface area contributed by atoms with Crippen LogP contribution in [0.1, 0.15) is 32.3 Å². The first-order valence-electron chi connectivity index (χ1n) is 5.53. The summed E-state index contributed by atoms with van der Waals surface area (Å²) in [6.45, 7) is 8.00. The molecule has 1 aromatic heterocycles. The zero-order valence-corrected chi connectivity index (χ0v) is 10.4. The molecule has 0 saturated heterocycles. The van der Waals surface area contributed by atoms with E-state index < -0.39 is 6.04 Å². The van der Waals surface area contributed by atoms with Gasteiger partial charge in [0.05, 0.1) is 12.6 Å². The second-order valence-corrected chi connectivity index (χ2v) is 4.36. The first-order valence-corrected chi connectivity index (χ1v) is 5.53. The minimum atomic E-state index is -0.474. The van der Waals surface area contributed by atoms with Gasteiger partial charge in [-0.15, -0.1) is 0 Å². The molecular weight excluding hydrogens is 204 g/mol. The van der Waals surface area contributed by atoms with Gasteiger partial charge in [-0.2, -0.15) is 0 Å². The topological polar surface area (TPSA) is 59.5 Å². The summed E-state index contributed by atoms with van der Waals surface area (Å²) in [6.07, 6.45) is 0. The van der Waals surface area contributed by atoms with Crippen LogP contribution < -0.4 is 5.73 Å². The Balaban J connectivity index is 2.76. The van der Waals surface area contributed by atoms with Crippen molar-refractivity contribution in [3.05, 3.63) is 23.7 Å². The van der Waals surface area contributed by atoms with E-state index in [2.05, 4.69) is 0 Å². The molecule has 1 amide bonds. The molecule has 0 unspecified atom stereocenters. The van der Waals surface area contributed by atoms with Crippen LogP contribution in [0.2, 0.25) is 0 Å². The standard InChI is InChI=1S/C12H20N2O2/c1-8(2)14(12(15)10(4)13)7-11-6-5-9(3)16-11/h5-6,8,10H,7,13H2,1-4H3/t10-/m0/s1. The van der Waals surface area contributed by atoms with Gasteiger partial charge in [0, 0.05) is 6.04 Å². The van der Waals surface area contributed by atoms with Crippen LogP contribution in [0.3, 0.4) is 0 Å².